The Kier molecular flexibility index (Phi) is 3.19. The molecule has 1 saturated carbocycles. The van der Waals surface area contributed by atoms with Crippen molar-refractivity contribution < 1.29 is 0 Å². The SMILES string of the molecule is CCCc1c(C2CCCC2(C)C)nn(C)c1N. The molecule has 1 aliphatic rings. The first kappa shape index (κ1) is 12.5. The molecule has 0 bridgehead atoms. The summed E-state index contributed by atoms with van der Waals surface area (Å²) in [7, 11) is 1.96. The van der Waals surface area contributed by atoms with E-state index in [1.807, 2.05) is 11.7 Å². The van der Waals surface area contributed by atoms with Gasteiger partial charge in [-0.3, -0.25) is 4.68 Å². The van der Waals surface area contributed by atoms with Gasteiger partial charge in [-0.15, -0.1) is 0 Å². The molecule has 0 aliphatic heterocycles. The Morgan fingerprint density at radius 1 is 1.47 bits per heavy atom. The number of aromatic nitrogens is 2. The third-order valence-electron chi connectivity index (χ3n) is 4.31. The summed E-state index contributed by atoms with van der Waals surface area (Å²) in [5.41, 5.74) is 9.10. The van der Waals surface area contributed by atoms with Crippen LogP contribution in [-0.4, -0.2) is 9.78 Å². The number of hydrogen-bond acceptors (Lipinski definition) is 2. The van der Waals surface area contributed by atoms with Crippen LogP contribution in [-0.2, 0) is 13.5 Å². The smallest absolute Gasteiger partial charge is 0.124 e. The first-order valence-corrected chi connectivity index (χ1v) is 6.78. The first-order valence-electron chi connectivity index (χ1n) is 6.78. The zero-order valence-electron chi connectivity index (χ0n) is 11.6. The molecule has 0 spiro atoms. The molecule has 3 nitrogen and oxygen atoms in total. The normalized spacial score (nSPS) is 23.2. The van der Waals surface area contributed by atoms with Crippen molar-refractivity contribution in [2.75, 3.05) is 5.73 Å². The van der Waals surface area contributed by atoms with E-state index in [2.05, 4.69) is 20.8 Å². The predicted molar refractivity (Wildman–Crippen MR) is 72.0 cm³/mol. The van der Waals surface area contributed by atoms with Crippen LogP contribution >= 0.6 is 0 Å². The molecule has 0 amide bonds. The van der Waals surface area contributed by atoms with Gasteiger partial charge in [-0.25, -0.2) is 0 Å². The molecule has 3 heteroatoms. The molecule has 0 radical (unpaired) electrons. The molecule has 1 aromatic rings. The number of anilines is 1. The van der Waals surface area contributed by atoms with Gasteiger partial charge >= 0.3 is 0 Å². The summed E-state index contributed by atoms with van der Waals surface area (Å²) >= 11 is 0. The van der Waals surface area contributed by atoms with Crippen LogP contribution in [0.1, 0.15) is 63.6 Å². The van der Waals surface area contributed by atoms with Gasteiger partial charge in [-0.1, -0.05) is 33.6 Å². The van der Waals surface area contributed by atoms with Crippen LogP contribution in [0.3, 0.4) is 0 Å². The number of rotatable bonds is 3. The molecule has 1 aliphatic carbocycles. The number of aryl methyl sites for hydroxylation is 1. The zero-order chi connectivity index (χ0) is 12.6. The molecule has 1 atom stereocenters. The highest BCUT2D eigenvalue weighted by Gasteiger charge is 2.38. The van der Waals surface area contributed by atoms with Gasteiger partial charge in [-0.05, 0) is 24.7 Å². The monoisotopic (exact) mass is 235 g/mol. The molecule has 1 fully saturated rings. The van der Waals surface area contributed by atoms with E-state index in [1.165, 1.54) is 30.5 Å². The summed E-state index contributed by atoms with van der Waals surface area (Å²) in [4.78, 5) is 0. The van der Waals surface area contributed by atoms with Gasteiger partial charge in [0, 0.05) is 18.5 Å². The summed E-state index contributed by atoms with van der Waals surface area (Å²) in [5.74, 6) is 1.46. The van der Waals surface area contributed by atoms with E-state index in [1.54, 1.807) is 0 Å². The summed E-state index contributed by atoms with van der Waals surface area (Å²) < 4.78 is 1.86. The lowest BCUT2D eigenvalue weighted by Crippen LogP contribution is -2.17. The highest BCUT2D eigenvalue weighted by molar-refractivity contribution is 5.45. The van der Waals surface area contributed by atoms with Gasteiger partial charge < -0.3 is 5.73 Å². The fraction of sp³-hybridized carbons (Fsp3) is 0.786. The molecule has 1 unspecified atom stereocenters. The quantitative estimate of drug-likeness (QED) is 0.874. The lowest BCUT2D eigenvalue weighted by molar-refractivity contribution is 0.325. The van der Waals surface area contributed by atoms with E-state index in [9.17, 15) is 0 Å². The maximum absolute atomic E-state index is 6.15. The molecule has 1 aromatic heterocycles. The maximum Gasteiger partial charge on any atom is 0.124 e. The van der Waals surface area contributed by atoms with Crippen LogP contribution in [0.2, 0.25) is 0 Å². The fourth-order valence-corrected chi connectivity index (χ4v) is 3.22. The van der Waals surface area contributed by atoms with E-state index in [-0.39, 0.29) is 0 Å². The second-order valence-corrected chi connectivity index (χ2v) is 6.06. The summed E-state index contributed by atoms with van der Waals surface area (Å²) in [5, 5.41) is 4.70. The number of nitrogen functional groups attached to an aromatic ring is 1. The molecule has 2 N–H and O–H groups in total. The van der Waals surface area contributed by atoms with Gasteiger partial charge in [0.15, 0.2) is 0 Å². The molecule has 2 rings (SSSR count). The number of nitrogens with zero attached hydrogens (tertiary/aromatic N) is 2. The van der Waals surface area contributed by atoms with Gasteiger partial charge in [-0.2, -0.15) is 5.10 Å². The van der Waals surface area contributed by atoms with Crippen molar-refractivity contribution >= 4 is 5.82 Å². The Morgan fingerprint density at radius 3 is 2.71 bits per heavy atom. The lowest BCUT2D eigenvalue weighted by atomic mass is 9.78. The Bertz CT molecular complexity index is 404. The van der Waals surface area contributed by atoms with Gasteiger partial charge in [0.25, 0.3) is 0 Å². The summed E-state index contributed by atoms with van der Waals surface area (Å²) in [6.07, 6.45) is 6.08. The fourth-order valence-electron chi connectivity index (χ4n) is 3.22. The van der Waals surface area contributed by atoms with Crippen molar-refractivity contribution in [2.45, 2.75) is 58.8 Å². The van der Waals surface area contributed by atoms with Gasteiger partial charge in [0.1, 0.15) is 5.82 Å². The Labute approximate surface area is 104 Å². The molecule has 0 saturated heterocycles. The van der Waals surface area contributed by atoms with Crippen LogP contribution < -0.4 is 5.73 Å². The third kappa shape index (κ3) is 2.07. The molecular formula is C14H25N3. The first-order chi connectivity index (χ1) is 7.97. The van der Waals surface area contributed by atoms with E-state index < -0.39 is 0 Å². The van der Waals surface area contributed by atoms with E-state index in [0.29, 0.717) is 11.3 Å². The number of hydrogen-bond donors (Lipinski definition) is 1. The van der Waals surface area contributed by atoms with Crippen LogP contribution in [0.4, 0.5) is 5.82 Å². The minimum Gasteiger partial charge on any atom is -0.384 e. The van der Waals surface area contributed by atoms with Crippen LogP contribution in [0.25, 0.3) is 0 Å². The van der Waals surface area contributed by atoms with E-state index >= 15 is 0 Å². The maximum atomic E-state index is 6.15. The zero-order valence-corrected chi connectivity index (χ0v) is 11.6. The molecule has 0 aromatic carbocycles. The van der Waals surface area contributed by atoms with Gasteiger partial charge in [0.2, 0.25) is 0 Å². The predicted octanol–water partition coefficient (Wildman–Crippen LogP) is 3.25. The summed E-state index contributed by atoms with van der Waals surface area (Å²) in [6.45, 7) is 6.94. The second-order valence-electron chi connectivity index (χ2n) is 6.06. The van der Waals surface area contributed by atoms with Crippen molar-refractivity contribution in [3.05, 3.63) is 11.3 Å². The van der Waals surface area contributed by atoms with E-state index in [4.69, 9.17) is 10.8 Å². The molecule has 17 heavy (non-hydrogen) atoms. The Hall–Kier alpha value is -0.990. The van der Waals surface area contributed by atoms with E-state index in [0.717, 1.165) is 18.7 Å². The molecule has 1 heterocycles. The minimum absolute atomic E-state index is 0.378. The van der Waals surface area contributed by atoms with Crippen LogP contribution in [0, 0.1) is 5.41 Å². The minimum atomic E-state index is 0.378. The molecular weight excluding hydrogens is 210 g/mol. The van der Waals surface area contributed by atoms with Crippen molar-refractivity contribution in [3.8, 4) is 0 Å². The van der Waals surface area contributed by atoms with Crippen LogP contribution in [0.5, 0.6) is 0 Å². The van der Waals surface area contributed by atoms with Crippen molar-refractivity contribution in [1.82, 2.24) is 9.78 Å². The molecule has 96 valence electrons. The largest absolute Gasteiger partial charge is 0.384 e. The van der Waals surface area contributed by atoms with Crippen molar-refractivity contribution in [1.29, 1.82) is 0 Å². The van der Waals surface area contributed by atoms with Gasteiger partial charge in [0.05, 0.1) is 5.69 Å². The highest BCUT2D eigenvalue weighted by atomic mass is 15.3. The third-order valence-corrected chi connectivity index (χ3v) is 4.31. The average Bonchev–Trinajstić information content (AvgIpc) is 2.73. The number of nitrogens with two attached hydrogens (primary N) is 1. The average molecular weight is 235 g/mol. The topological polar surface area (TPSA) is 43.8 Å². The Balaban J connectivity index is 2.41. The second kappa shape index (κ2) is 4.35. The lowest BCUT2D eigenvalue weighted by Gasteiger charge is -2.26. The van der Waals surface area contributed by atoms with Crippen LogP contribution in [0.15, 0.2) is 0 Å². The highest BCUT2D eigenvalue weighted by Crippen LogP contribution is 2.49. The van der Waals surface area contributed by atoms with Crippen molar-refractivity contribution in [2.24, 2.45) is 12.5 Å². The Morgan fingerprint density at radius 2 is 2.18 bits per heavy atom. The van der Waals surface area contributed by atoms with Crippen molar-refractivity contribution in [3.63, 3.8) is 0 Å². The summed E-state index contributed by atoms with van der Waals surface area (Å²) in [6, 6.07) is 0. The standard InChI is InChI=1S/C14H25N3/c1-5-7-10-12(16-17(4)13(10)15)11-8-6-9-14(11,2)3/h11H,5-9,15H2,1-4H3.